The molecule has 0 saturated heterocycles. The normalized spacial score (nSPS) is 12.3. The van der Waals surface area contributed by atoms with Gasteiger partial charge in [-0.15, -0.1) is 8.78 Å². The Morgan fingerprint density at radius 2 is 1.78 bits per heavy atom. The zero-order chi connectivity index (χ0) is 14.1. The molecule has 18 heavy (non-hydrogen) atoms. The van der Waals surface area contributed by atoms with Gasteiger partial charge in [-0.1, -0.05) is 6.07 Å². The van der Waals surface area contributed by atoms with Gasteiger partial charge in [0.05, 0.1) is 4.92 Å². The zero-order valence-corrected chi connectivity index (χ0v) is 8.93. The maximum Gasteiger partial charge on any atom is 0.487 e. The first-order valence-corrected chi connectivity index (χ1v) is 4.50. The minimum Gasteiger partial charge on any atom is -0.413 e. The average molecular weight is 292 g/mol. The number of hydrogen-bond donors (Lipinski definition) is 0. The molecule has 0 aromatic heterocycles. The minimum absolute atomic E-state index is 0.372. The summed E-state index contributed by atoms with van der Waals surface area (Å²) in [5, 5.41) is 10.5. The molecule has 0 N–H and O–H groups in total. The lowest BCUT2D eigenvalue weighted by atomic mass is 10.1. The van der Waals surface area contributed by atoms with Crippen molar-refractivity contribution in [3.05, 3.63) is 33.9 Å². The number of nitro groups is 1. The molecule has 4 nitrogen and oxygen atoms in total. The highest BCUT2D eigenvalue weighted by Crippen LogP contribution is 2.42. The Balaban J connectivity index is 3.41. The van der Waals surface area contributed by atoms with Crippen LogP contribution in [0, 0.1) is 10.1 Å². The summed E-state index contributed by atoms with van der Waals surface area (Å²) in [6.07, 6.45) is -5.08. The number of ether oxygens (including phenoxy) is 1. The Hall–Kier alpha value is -1.64. The molecule has 0 amide bonds. The third-order valence-corrected chi connectivity index (χ3v) is 1.79. The van der Waals surface area contributed by atoms with Crippen LogP contribution in [0.15, 0.2) is 18.2 Å². The molecular weight excluding hydrogens is 289 g/mol. The number of alkyl halides is 6. The van der Waals surface area contributed by atoms with E-state index in [1.807, 2.05) is 0 Å². The third-order valence-electron chi connectivity index (χ3n) is 1.71. The maximum absolute atomic E-state index is 12.4. The lowest BCUT2D eigenvalue weighted by Crippen LogP contribution is -2.18. The molecule has 0 bridgehead atoms. The van der Waals surface area contributed by atoms with Gasteiger partial charge in [0.2, 0.25) is 5.75 Å². The SMILES string of the molecule is O=[N+]([O-])c1c(OC(F)(F)Cl)cccc1C(F)(F)F. The molecule has 1 aromatic rings. The Bertz CT molecular complexity index is 471. The predicted molar refractivity (Wildman–Crippen MR) is 49.5 cm³/mol. The summed E-state index contributed by atoms with van der Waals surface area (Å²) in [7, 11) is 0. The van der Waals surface area contributed by atoms with Crippen LogP contribution in [0.3, 0.4) is 0 Å². The molecule has 100 valence electrons. The molecule has 0 aliphatic carbocycles. The molecule has 0 fully saturated rings. The monoisotopic (exact) mass is 291 g/mol. The number of nitrogens with zero attached hydrogens (tertiary/aromatic N) is 1. The van der Waals surface area contributed by atoms with E-state index in [0.29, 0.717) is 18.2 Å². The molecule has 0 heterocycles. The Kier molecular flexibility index (Phi) is 3.65. The van der Waals surface area contributed by atoms with Gasteiger partial charge in [0.1, 0.15) is 5.56 Å². The van der Waals surface area contributed by atoms with Crippen LogP contribution >= 0.6 is 11.6 Å². The van der Waals surface area contributed by atoms with Gasteiger partial charge in [-0.2, -0.15) is 13.2 Å². The zero-order valence-electron chi connectivity index (χ0n) is 8.17. The van der Waals surface area contributed by atoms with Crippen molar-refractivity contribution in [1.82, 2.24) is 0 Å². The molecule has 0 aliphatic rings. The van der Waals surface area contributed by atoms with E-state index < -0.39 is 33.7 Å². The highest BCUT2D eigenvalue weighted by Gasteiger charge is 2.42. The summed E-state index contributed by atoms with van der Waals surface area (Å²) < 4.78 is 65.6. The van der Waals surface area contributed by atoms with Gasteiger partial charge in [-0.05, 0) is 12.1 Å². The minimum atomic E-state index is -5.08. The lowest BCUT2D eigenvalue weighted by Gasteiger charge is -2.13. The predicted octanol–water partition coefficient (Wildman–Crippen LogP) is 3.78. The van der Waals surface area contributed by atoms with Crippen LogP contribution in [0.2, 0.25) is 0 Å². The first-order valence-electron chi connectivity index (χ1n) is 4.12. The van der Waals surface area contributed by atoms with E-state index in [0.717, 1.165) is 0 Å². The molecule has 10 heteroatoms. The van der Waals surface area contributed by atoms with Gasteiger partial charge in [-0.25, -0.2) is 0 Å². The van der Waals surface area contributed by atoms with Gasteiger partial charge < -0.3 is 4.74 Å². The van der Waals surface area contributed by atoms with Crippen molar-refractivity contribution in [2.24, 2.45) is 0 Å². The van der Waals surface area contributed by atoms with Crippen LogP contribution in [0.1, 0.15) is 5.56 Å². The molecule has 0 unspecified atom stereocenters. The smallest absolute Gasteiger partial charge is 0.413 e. The fourth-order valence-corrected chi connectivity index (χ4v) is 1.23. The van der Waals surface area contributed by atoms with Gasteiger partial charge in [-0.3, -0.25) is 10.1 Å². The molecular formula is C8H3ClF5NO3. The first kappa shape index (κ1) is 14.4. The molecule has 0 atom stereocenters. The van der Waals surface area contributed by atoms with E-state index in [1.54, 1.807) is 0 Å². The van der Waals surface area contributed by atoms with E-state index in [-0.39, 0.29) is 0 Å². The van der Waals surface area contributed by atoms with E-state index in [1.165, 1.54) is 0 Å². The number of para-hydroxylation sites is 1. The van der Waals surface area contributed by atoms with Gasteiger partial charge >= 0.3 is 17.4 Å². The molecule has 0 saturated carbocycles. The van der Waals surface area contributed by atoms with E-state index in [2.05, 4.69) is 16.3 Å². The Morgan fingerprint density at radius 1 is 1.22 bits per heavy atom. The molecule has 0 spiro atoms. The van der Waals surface area contributed by atoms with Crippen molar-refractivity contribution in [2.45, 2.75) is 11.7 Å². The van der Waals surface area contributed by atoms with Crippen molar-refractivity contribution >= 4 is 17.3 Å². The van der Waals surface area contributed by atoms with Gasteiger partial charge in [0, 0.05) is 11.6 Å². The van der Waals surface area contributed by atoms with Crippen molar-refractivity contribution in [3.63, 3.8) is 0 Å². The number of nitro benzene ring substituents is 1. The fraction of sp³-hybridized carbons (Fsp3) is 0.250. The van der Waals surface area contributed by atoms with Crippen LogP contribution in [0.4, 0.5) is 27.6 Å². The summed E-state index contributed by atoms with van der Waals surface area (Å²) in [4.78, 5) is 9.04. The fourth-order valence-electron chi connectivity index (χ4n) is 1.15. The van der Waals surface area contributed by atoms with E-state index >= 15 is 0 Å². The quantitative estimate of drug-likeness (QED) is 0.368. The topological polar surface area (TPSA) is 52.4 Å². The van der Waals surface area contributed by atoms with Gasteiger partial charge in [0.15, 0.2) is 0 Å². The number of hydrogen-bond acceptors (Lipinski definition) is 3. The van der Waals surface area contributed by atoms with Gasteiger partial charge in [0.25, 0.3) is 0 Å². The van der Waals surface area contributed by atoms with Crippen LogP contribution < -0.4 is 4.74 Å². The average Bonchev–Trinajstić information content (AvgIpc) is 2.12. The van der Waals surface area contributed by atoms with Crippen molar-refractivity contribution < 1.29 is 31.6 Å². The Morgan fingerprint density at radius 3 is 2.17 bits per heavy atom. The molecule has 0 aliphatic heterocycles. The largest absolute Gasteiger partial charge is 0.487 e. The summed E-state index contributed by atoms with van der Waals surface area (Å²) in [5.74, 6) is -1.27. The second kappa shape index (κ2) is 4.56. The highest BCUT2D eigenvalue weighted by molar-refractivity contribution is 6.20. The summed E-state index contributed by atoms with van der Waals surface area (Å²) in [5.41, 5.74) is -7.68. The standard InChI is InChI=1S/C8H3ClF5NO3/c9-8(13,14)18-5-3-1-2-4(7(10,11)12)6(5)15(16)17/h1-3H. The lowest BCUT2D eigenvalue weighted by molar-refractivity contribution is -0.389. The second-order valence-electron chi connectivity index (χ2n) is 2.95. The number of halogens is 6. The third kappa shape index (κ3) is 3.42. The van der Waals surface area contributed by atoms with Crippen LogP contribution in [-0.2, 0) is 6.18 Å². The van der Waals surface area contributed by atoms with Crippen molar-refractivity contribution in [2.75, 3.05) is 0 Å². The summed E-state index contributed by atoms with van der Waals surface area (Å²) >= 11 is 4.35. The Labute approximate surface area is 101 Å². The van der Waals surface area contributed by atoms with Crippen molar-refractivity contribution in [1.29, 1.82) is 0 Å². The van der Waals surface area contributed by atoms with Crippen LogP contribution in [0.5, 0.6) is 5.75 Å². The van der Waals surface area contributed by atoms with Crippen LogP contribution in [-0.4, -0.2) is 10.5 Å². The number of rotatable bonds is 3. The van der Waals surface area contributed by atoms with Crippen molar-refractivity contribution in [3.8, 4) is 5.75 Å². The van der Waals surface area contributed by atoms with E-state index in [4.69, 9.17) is 0 Å². The molecule has 1 rings (SSSR count). The molecule has 1 aromatic carbocycles. The van der Waals surface area contributed by atoms with E-state index in [9.17, 15) is 32.1 Å². The second-order valence-corrected chi connectivity index (χ2v) is 3.40. The number of benzene rings is 1. The summed E-state index contributed by atoms with van der Waals surface area (Å²) in [6, 6.07) is 1.65. The highest BCUT2D eigenvalue weighted by atomic mass is 35.5. The summed E-state index contributed by atoms with van der Waals surface area (Å²) in [6.45, 7) is 0. The first-order chi connectivity index (χ1) is 8.02. The maximum atomic E-state index is 12.4. The van der Waals surface area contributed by atoms with Crippen LogP contribution in [0.25, 0.3) is 0 Å². The molecule has 0 radical (unpaired) electrons.